The molecule has 126 valence electrons. The predicted molar refractivity (Wildman–Crippen MR) is 81.0 cm³/mol. The second-order valence-electron chi connectivity index (χ2n) is 5.61. The topological polar surface area (TPSA) is 68.2 Å². The Balaban J connectivity index is 1.92. The first-order valence-corrected chi connectivity index (χ1v) is 8.02. The van der Waals surface area contributed by atoms with Crippen LogP contribution in [0, 0.1) is 11.7 Å². The Morgan fingerprint density at radius 3 is 2.87 bits per heavy atom. The molecule has 2 fully saturated rings. The molecule has 0 radical (unpaired) electrons. The number of hydrogen-bond acceptors (Lipinski definition) is 6. The summed E-state index contributed by atoms with van der Waals surface area (Å²) in [7, 11) is 1.44. The number of hydroxylamine groups is 2. The molecule has 1 N–H and O–H groups in total. The molecule has 4 atom stereocenters. The average Bonchev–Trinajstić information content (AvgIpc) is 3.03. The lowest BCUT2D eigenvalue weighted by molar-refractivity contribution is -0.196. The van der Waals surface area contributed by atoms with Gasteiger partial charge in [0, 0.05) is 5.56 Å². The molecule has 1 aromatic carbocycles. The van der Waals surface area contributed by atoms with Gasteiger partial charge < -0.3 is 14.6 Å². The fourth-order valence-corrected chi connectivity index (χ4v) is 3.79. The van der Waals surface area contributed by atoms with Crippen molar-refractivity contribution in [2.45, 2.75) is 31.7 Å². The minimum absolute atomic E-state index is 0.00787. The molecule has 3 rings (SSSR count). The molecule has 2 heterocycles. The number of aliphatic hydroxyl groups is 1. The minimum atomic E-state index is -0.662. The monoisotopic (exact) mass is 389 g/mol. The van der Waals surface area contributed by atoms with E-state index in [2.05, 4.69) is 15.9 Å². The van der Waals surface area contributed by atoms with Gasteiger partial charge in [0.1, 0.15) is 29.8 Å². The fraction of sp³-hybridized carbons (Fsp3) is 0.533. The quantitative estimate of drug-likeness (QED) is 0.789. The van der Waals surface area contributed by atoms with Gasteiger partial charge in [-0.3, -0.25) is 9.63 Å². The maximum absolute atomic E-state index is 14.2. The van der Waals surface area contributed by atoms with Crippen molar-refractivity contribution in [2.75, 3.05) is 13.7 Å². The van der Waals surface area contributed by atoms with Crippen molar-refractivity contribution in [3.63, 3.8) is 0 Å². The highest BCUT2D eigenvalue weighted by atomic mass is 79.9. The third-order valence-electron chi connectivity index (χ3n) is 4.31. The molecule has 2 saturated heterocycles. The summed E-state index contributed by atoms with van der Waals surface area (Å²) in [5, 5.41) is 10.9. The van der Waals surface area contributed by atoms with Gasteiger partial charge in [-0.15, -0.1) is 0 Å². The summed E-state index contributed by atoms with van der Waals surface area (Å²) in [5.74, 6) is -0.824. The first-order valence-electron chi connectivity index (χ1n) is 7.23. The van der Waals surface area contributed by atoms with Crippen LogP contribution in [-0.4, -0.2) is 48.1 Å². The second kappa shape index (κ2) is 6.35. The summed E-state index contributed by atoms with van der Waals surface area (Å²) in [5.41, 5.74) is 0.270. The van der Waals surface area contributed by atoms with Crippen molar-refractivity contribution in [1.29, 1.82) is 0 Å². The van der Waals surface area contributed by atoms with Crippen molar-refractivity contribution in [1.82, 2.24) is 5.06 Å². The molecule has 1 aromatic rings. The van der Waals surface area contributed by atoms with Crippen LogP contribution in [0.2, 0.25) is 0 Å². The van der Waals surface area contributed by atoms with Crippen molar-refractivity contribution in [3.05, 3.63) is 28.0 Å². The zero-order valence-corrected chi connectivity index (χ0v) is 14.2. The van der Waals surface area contributed by atoms with Gasteiger partial charge >= 0.3 is 5.97 Å². The van der Waals surface area contributed by atoms with E-state index in [1.165, 1.54) is 18.2 Å². The summed E-state index contributed by atoms with van der Waals surface area (Å²) in [6.45, 7) is 1.53. The highest BCUT2D eigenvalue weighted by Crippen LogP contribution is 2.40. The molecule has 0 bridgehead atoms. The Kier molecular flexibility index (Phi) is 4.59. The van der Waals surface area contributed by atoms with Gasteiger partial charge in [0.25, 0.3) is 0 Å². The van der Waals surface area contributed by atoms with Crippen molar-refractivity contribution in [2.24, 2.45) is 5.92 Å². The normalized spacial score (nSPS) is 30.4. The van der Waals surface area contributed by atoms with Crippen LogP contribution in [0.4, 0.5) is 4.39 Å². The number of aliphatic hydroxyl groups excluding tert-OH is 1. The van der Waals surface area contributed by atoms with E-state index in [0.29, 0.717) is 10.2 Å². The highest BCUT2D eigenvalue weighted by molar-refractivity contribution is 9.10. The SMILES string of the molecule is COc1c(Br)ccc(F)c1CN1O[C@@H](CO)C2C(C)OC(=O)C21. The second-order valence-corrected chi connectivity index (χ2v) is 6.46. The number of methoxy groups -OCH3 is 1. The first-order chi connectivity index (χ1) is 11.0. The molecule has 3 unspecified atom stereocenters. The maximum atomic E-state index is 14.2. The third-order valence-corrected chi connectivity index (χ3v) is 4.94. The molecule has 6 nitrogen and oxygen atoms in total. The smallest absolute Gasteiger partial charge is 0.326 e. The Morgan fingerprint density at radius 1 is 1.48 bits per heavy atom. The number of fused-ring (bicyclic) bond motifs is 1. The number of ether oxygens (including phenoxy) is 2. The van der Waals surface area contributed by atoms with Crippen LogP contribution in [0.3, 0.4) is 0 Å². The van der Waals surface area contributed by atoms with Gasteiger partial charge in [-0.2, -0.15) is 5.06 Å². The fourth-order valence-electron chi connectivity index (χ4n) is 3.26. The number of nitrogens with zero attached hydrogens (tertiary/aromatic N) is 1. The van der Waals surface area contributed by atoms with Crippen LogP contribution in [0.25, 0.3) is 0 Å². The Labute approximate surface area is 141 Å². The van der Waals surface area contributed by atoms with Crippen molar-refractivity contribution >= 4 is 21.9 Å². The summed E-state index contributed by atoms with van der Waals surface area (Å²) in [4.78, 5) is 17.7. The zero-order chi connectivity index (χ0) is 16.7. The Hall–Kier alpha value is -1.22. The molecular weight excluding hydrogens is 373 g/mol. The molecule has 0 aromatic heterocycles. The molecule has 0 spiro atoms. The van der Waals surface area contributed by atoms with Gasteiger partial charge in [0.05, 0.1) is 30.7 Å². The number of carbonyl (C=O) groups is 1. The van der Waals surface area contributed by atoms with E-state index >= 15 is 0 Å². The van der Waals surface area contributed by atoms with Gasteiger partial charge in [-0.1, -0.05) is 0 Å². The lowest BCUT2D eigenvalue weighted by Gasteiger charge is -2.21. The van der Waals surface area contributed by atoms with Crippen LogP contribution in [0.1, 0.15) is 12.5 Å². The van der Waals surface area contributed by atoms with E-state index in [4.69, 9.17) is 14.3 Å². The van der Waals surface area contributed by atoms with Crippen molar-refractivity contribution < 1.29 is 28.6 Å². The van der Waals surface area contributed by atoms with Crippen LogP contribution in [0.5, 0.6) is 5.75 Å². The lowest BCUT2D eigenvalue weighted by atomic mass is 9.93. The number of carbonyl (C=O) groups excluding carboxylic acids is 1. The van der Waals surface area contributed by atoms with E-state index in [1.807, 2.05) is 0 Å². The Morgan fingerprint density at radius 2 is 2.22 bits per heavy atom. The predicted octanol–water partition coefficient (Wildman–Crippen LogP) is 1.63. The first kappa shape index (κ1) is 16.6. The molecule has 2 aliphatic heterocycles. The molecule has 0 aliphatic carbocycles. The third kappa shape index (κ3) is 2.73. The summed E-state index contributed by atoms with van der Waals surface area (Å²) in [6, 6.07) is 2.20. The number of halogens is 2. The molecule has 0 amide bonds. The maximum Gasteiger partial charge on any atom is 0.326 e. The van der Waals surface area contributed by atoms with Crippen LogP contribution < -0.4 is 4.74 Å². The average molecular weight is 390 g/mol. The summed E-state index contributed by atoms with van der Waals surface area (Å²) in [6.07, 6.45) is -0.911. The van der Waals surface area contributed by atoms with Gasteiger partial charge in [0.15, 0.2) is 0 Å². The molecule has 2 aliphatic rings. The van der Waals surface area contributed by atoms with E-state index in [-0.39, 0.29) is 30.7 Å². The van der Waals surface area contributed by atoms with Crippen LogP contribution in [0.15, 0.2) is 16.6 Å². The number of benzene rings is 1. The summed E-state index contributed by atoms with van der Waals surface area (Å²) < 4.78 is 25.3. The zero-order valence-electron chi connectivity index (χ0n) is 12.7. The van der Waals surface area contributed by atoms with Crippen LogP contribution >= 0.6 is 15.9 Å². The van der Waals surface area contributed by atoms with Gasteiger partial charge in [-0.25, -0.2) is 4.39 Å². The van der Waals surface area contributed by atoms with Gasteiger partial charge in [0.2, 0.25) is 0 Å². The lowest BCUT2D eigenvalue weighted by Crippen LogP contribution is -2.35. The van der Waals surface area contributed by atoms with E-state index in [1.54, 1.807) is 13.0 Å². The van der Waals surface area contributed by atoms with E-state index in [0.717, 1.165) is 0 Å². The molecule has 23 heavy (non-hydrogen) atoms. The number of esters is 1. The highest BCUT2D eigenvalue weighted by Gasteiger charge is 2.56. The largest absolute Gasteiger partial charge is 0.495 e. The molecular formula is C15H17BrFNO5. The number of rotatable bonds is 4. The molecule has 8 heteroatoms. The molecule has 0 saturated carbocycles. The van der Waals surface area contributed by atoms with E-state index in [9.17, 15) is 14.3 Å². The minimum Gasteiger partial charge on any atom is -0.495 e. The van der Waals surface area contributed by atoms with Crippen molar-refractivity contribution in [3.8, 4) is 5.75 Å². The Bertz CT molecular complexity index is 628. The number of cyclic esters (lactones) is 1. The van der Waals surface area contributed by atoms with Crippen LogP contribution in [-0.2, 0) is 20.9 Å². The van der Waals surface area contributed by atoms with Gasteiger partial charge in [-0.05, 0) is 35.0 Å². The van der Waals surface area contributed by atoms with E-state index < -0.39 is 23.9 Å². The summed E-state index contributed by atoms with van der Waals surface area (Å²) >= 11 is 3.31. The number of hydrogen-bond donors (Lipinski definition) is 1. The standard InChI is InChI=1S/C15H17BrFNO5/c1-7-12-11(6-19)23-18(13(12)15(20)22-7)5-8-10(17)4-3-9(16)14(8)21-2/h3-4,7,11-13,19H,5-6H2,1-2H3/t7?,11-,12?,13?/m0/s1.